The van der Waals surface area contributed by atoms with Crippen LogP contribution in [0.4, 0.5) is 0 Å². The second-order valence-electron chi connectivity index (χ2n) is 17.7. The molecule has 0 bridgehead atoms. The van der Waals surface area contributed by atoms with Gasteiger partial charge in [-0.25, -0.2) is 4.98 Å². The third-order valence-corrected chi connectivity index (χ3v) is 16.7. The first-order chi connectivity index (χ1) is 44.3. The molecule has 0 amide bonds. The third-order valence-electron chi connectivity index (χ3n) is 12.5. The molecule has 0 atom stereocenters. The predicted octanol–water partition coefficient (Wildman–Crippen LogP) is 12.6. The Morgan fingerprint density at radius 3 is 1.87 bits per heavy atom. The molecule has 9 aromatic carbocycles. The van der Waals surface area contributed by atoms with Crippen molar-refractivity contribution in [2.45, 2.75) is 33.0 Å². The van der Waals surface area contributed by atoms with E-state index in [1.165, 1.54) is 18.3 Å². The molecule has 0 fully saturated rings. The summed E-state index contributed by atoms with van der Waals surface area (Å²) in [5.74, 6) is 0.755. The van der Waals surface area contributed by atoms with Crippen LogP contribution in [0.25, 0.3) is 61.2 Å². The maximum absolute atomic E-state index is 9.80. The van der Waals surface area contributed by atoms with E-state index >= 15 is 0 Å². The molecule has 0 aliphatic heterocycles. The Balaban J connectivity index is 1.09. The first-order valence-electron chi connectivity index (χ1n) is 34.0. The number of hydrogen-bond acceptors (Lipinski definition) is 2. The lowest BCUT2D eigenvalue weighted by Crippen LogP contribution is -2.76. The summed E-state index contributed by atoms with van der Waals surface area (Å²) >= 11 is 0. The quantitative estimate of drug-likeness (QED) is 0.0593. The summed E-state index contributed by atoms with van der Waals surface area (Å²) in [6.07, 6.45) is 4.69. The number of fused-ring (bicyclic) bond motifs is 4. The summed E-state index contributed by atoms with van der Waals surface area (Å²) in [6.45, 7) is 2.75. The maximum Gasteiger partial charge on any atom is 0.269 e. The summed E-state index contributed by atoms with van der Waals surface area (Å²) in [5.41, 5.74) is 1.38. The van der Waals surface area contributed by atoms with Crippen molar-refractivity contribution in [1.82, 2.24) is 14.1 Å². The van der Waals surface area contributed by atoms with Gasteiger partial charge in [-0.15, -0.1) is 0 Å². The molecule has 3 heterocycles. The van der Waals surface area contributed by atoms with Crippen LogP contribution in [0.1, 0.15) is 63.4 Å². The van der Waals surface area contributed by atoms with E-state index in [2.05, 4.69) is 6.33 Å². The highest BCUT2D eigenvalue weighted by Crippen LogP contribution is 2.37. The van der Waals surface area contributed by atoms with Crippen molar-refractivity contribution in [2.24, 2.45) is 0 Å². The molecular formula is C65H52N4OSi. The summed E-state index contributed by atoms with van der Waals surface area (Å²) < 4.78 is 220. The molecule has 12 rings (SSSR count). The van der Waals surface area contributed by atoms with E-state index in [1.807, 2.05) is 45.0 Å². The van der Waals surface area contributed by atoms with Crippen molar-refractivity contribution in [3.8, 4) is 39.8 Å². The largest absolute Gasteiger partial charge is 0.458 e. The van der Waals surface area contributed by atoms with Gasteiger partial charge in [-0.1, -0.05) is 208 Å². The predicted molar refractivity (Wildman–Crippen MR) is 295 cm³/mol. The van der Waals surface area contributed by atoms with Crippen LogP contribution in [-0.4, -0.2) is 22.2 Å². The van der Waals surface area contributed by atoms with Gasteiger partial charge >= 0.3 is 0 Å². The fourth-order valence-corrected chi connectivity index (χ4v) is 13.4. The monoisotopic (exact) mass is 956 g/mol. The Bertz CT molecular complexity index is 4970. The number of hydrogen-bond donors (Lipinski definition) is 0. The lowest BCUT2D eigenvalue weighted by molar-refractivity contribution is -0.572. The first kappa shape index (κ1) is 25.3. The van der Waals surface area contributed by atoms with Crippen molar-refractivity contribution in [3.05, 3.63) is 260 Å². The molecule has 342 valence electrons. The number of rotatable bonds is 10. The highest BCUT2D eigenvalue weighted by atomic mass is 28.3. The Hall–Kier alpha value is -8.58. The lowest BCUT2D eigenvalue weighted by atomic mass is 9.85. The lowest BCUT2D eigenvalue weighted by Gasteiger charge is -2.38. The number of ether oxygens (including phenoxy) is 1. The molecule has 0 aliphatic rings. The van der Waals surface area contributed by atoms with Crippen LogP contribution in [0, 0.1) is 13.2 Å². The van der Waals surface area contributed by atoms with Crippen LogP contribution < -0.4 is 30.1 Å². The molecule has 0 N–H and O–H groups in total. The van der Waals surface area contributed by atoms with Crippen LogP contribution in [0.3, 0.4) is 0 Å². The molecule has 0 saturated heterocycles. The molecule has 0 spiro atoms. The van der Waals surface area contributed by atoms with Crippen LogP contribution in [0.15, 0.2) is 242 Å². The smallest absolute Gasteiger partial charge is 0.269 e. The van der Waals surface area contributed by atoms with Crippen molar-refractivity contribution >= 4 is 61.7 Å². The van der Waals surface area contributed by atoms with Gasteiger partial charge in [0.25, 0.3) is 6.33 Å². The summed E-state index contributed by atoms with van der Waals surface area (Å²) in [5, 5.41) is -0.508. The number of nitrogens with zero attached hydrogens (tertiary/aromatic N) is 4. The normalized spacial score (nSPS) is 16.7. The Morgan fingerprint density at radius 1 is 0.592 bits per heavy atom. The van der Waals surface area contributed by atoms with Crippen LogP contribution in [-0.2, 0) is 5.41 Å². The highest BCUT2D eigenvalue weighted by Gasteiger charge is 2.44. The van der Waals surface area contributed by atoms with Gasteiger partial charge in [-0.3, -0.25) is 13.7 Å². The van der Waals surface area contributed by atoms with Gasteiger partial charge in [-0.05, 0) is 92.2 Å². The molecule has 5 nitrogen and oxygen atoms in total. The Morgan fingerprint density at radius 2 is 1.20 bits per heavy atom. The molecule has 0 aliphatic carbocycles. The Labute approximate surface area is 448 Å². The van der Waals surface area contributed by atoms with Gasteiger partial charge in [0.15, 0.2) is 8.07 Å². The minimum atomic E-state index is -5.69. The molecular weight excluding hydrogens is 881 g/mol. The van der Waals surface area contributed by atoms with Gasteiger partial charge in [0, 0.05) is 32.7 Å². The summed E-state index contributed by atoms with van der Waals surface area (Å²) in [6, 6.07) is 16.4. The van der Waals surface area contributed by atoms with E-state index in [0.29, 0.717) is 44.8 Å². The van der Waals surface area contributed by atoms with Crippen LogP contribution in [0.2, 0.25) is 0 Å². The van der Waals surface area contributed by atoms with E-state index in [1.54, 1.807) is 92.6 Å². The van der Waals surface area contributed by atoms with E-state index in [4.69, 9.17) is 33.0 Å². The number of imidazole rings is 1. The fourth-order valence-electron chi connectivity index (χ4n) is 9.43. The van der Waals surface area contributed by atoms with Crippen molar-refractivity contribution < 1.29 is 40.8 Å². The van der Waals surface area contributed by atoms with Gasteiger partial charge in [-0.2, -0.15) is 0 Å². The standard InChI is InChI=1S/C65H52N4OSi/c1-46-41-63(66-44-56(46)47-23-9-5-10-24-47)69-58-35-18-17-33-54(58)55-40-39-50(43-61(55)69)70-49-26-21-25-48(42-49)67-45-68(60-37-20-19-36-59(60)67)64-57(65(2,3)4)34-22-38-62(64)71(51-27-11-6-12-28-51,52-29-13-7-14-30-52)53-31-15-8-16-32-53/h5-44H,1-4H3/i1D3,5D,6D,7D,8D,9D,10D,11D,12D,13D,14D,15D,16D,23D,24D,27D,28D,29D,30D,31D,32D. The van der Waals surface area contributed by atoms with Crippen LogP contribution in [0.5, 0.6) is 11.5 Å². The van der Waals surface area contributed by atoms with E-state index in [0.717, 1.165) is 10.8 Å². The van der Waals surface area contributed by atoms with E-state index in [9.17, 15) is 8.22 Å². The molecule has 0 radical (unpaired) electrons. The number of para-hydroxylation sites is 4. The third kappa shape index (κ3) is 7.55. The zero-order valence-electron chi connectivity index (χ0n) is 61.2. The second kappa shape index (κ2) is 17.7. The highest BCUT2D eigenvalue weighted by molar-refractivity contribution is 7.20. The van der Waals surface area contributed by atoms with Gasteiger partial charge in [0.1, 0.15) is 17.3 Å². The maximum atomic E-state index is 9.80. The van der Waals surface area contributed by atoms with Gasteiger partial charge in [0.05, 0.1) is 60.9 Å². The first-order valence-corrected chi connectivity index (χ1v) is 24.5. The van der Waals surface area contributed by atoms with Crippen molar-refractivity contribution in [1.29, 1.82) is 0 Å². The van der Waals surface area contributed by atoms with Crippen LogP contribution >= 0.6 is 0 Å². The number of benzene rings is 9. The average molecular weight is 956 g/mol. The van der Waals surface area contributed by atoms with Gasteiger partial charge < -0.3 is 4.74 Å². The fraction of sp³-hybridized carbons (Fsp3) is 0.0769. The minimum Gasteiger partial charge on any atom is -0.458 e. The molecule has 71 heavy (non-hydrogen) atoms. The molecule has 3 aromatic heterocycles. The zero-order valence-corrected chi connectivity index (χ0v) is 39.2. The SMILES string of the molecule is [2H]c1c([2H])c([2H])c(-c2cnc(-n3c4ccccc4c4ccc(Oc5cccc(-n6[c-][n+](-c7c(C(C)(C)C)cccc7[Si](c7c([2H])c([2H])c([2H])c([2H])c7[2H])(c7c([2H])c([2H])c([2H])c([2H])c7[2H])c7c([2H])c([2H])c([2H])c([2H])c7[2H])c7ccccc76)c5)cc43)cc2C([2H])([2H])[2H])c([2H])c1[2H]. The minimum absolute atomic E-state index is 0.0839. The number of aromatic nitrogens is 4. The molecule has 0 saturated carbocycles. The molecule has 12 aromatic rings. The van der Waals surface area contributed by atoms with Crippen molar-refractivity contribution in [2.75, 3.05) is 0 Å². The Kier molecular flexibility index (Phi) is 6.33. The number of pyridine rings is 1. The summed E-state index contributed by atoms with van der Waals surface area (Å²) in [7, 11) is -5.69. The zero-order chi connectivity index (χ0) is 68.0. The molecule has 6 heteroatoms. The van der Waals surface area contributed by atoms with E-state index < -0.39 is 157 Å². The molecule has 0 unspecified atom stereocenters. The van der Waals surface area contributed by atoms with Gasteiger partial charge in [0.2, 0.25) is 0 Å². The summed E-state index contributed by atoms with van der Waals surface area (Å²) in [4.78, 5) is 4.69. The second-order valence-corrected chi connectivity index (χ2v) is 21.2. The van der Waals surface area contributed by atoms with Crippen molar-refractivity contribution in [3.63, 3.8) is 0 Å². The average Bonchev–Trinajstić information content (AvgIpc) is 0.805. The number of aryl methyl sites for hydroxylation is 1. The van der Waals surface area contributed by atoms with E-state index in [-0.39, 0.29) is 33.4 Å². The topological polar surface area (TPSA) is 35.9 Å².